The Hall–Kier alpha value is -2.46. The number of aliphatic hydroxyl groups excluding tert-OH is 1. The molecule has 0 radical (unpaired) electrons. The Morgan fingerprint density at radius 1 is 1.00 bits per heavy atom. The number of para-hydroxylation sites is 1. The topological polar surface area (TPSA) is 51.8 Å². The van der Waals surface area contributed by atoms with E-state index in [4.69, 9.17) is 13.9 Å². The summed E-state index contributed by atoms with van der Waals surface area (Å²) in [5, 5.41) is 10.6. The van der Waals surface area contributed by atoms with Gasteiger partial charge >= 0.3 is 0 Å². The molecule has 0 bridgehead atoms. The summed E-state index contributed by atoms with van der Waals surface area (Å²) >= 11 is 0. The number of aliphatic hydroxyl groups is 1. The van der Waals surface area contributed by atoms with Crippen LogP contribution in [0.25, 0.3) is 22.3 Å². The van der Waals surface area contributed by atoms with Crippen molar-refractivity contribution in [2.45, 2.75) is 6.61 Å². The van der Waals surface area contributed by atoms with Gasteiger partial charge in [0.15, 0.2) is 11.5 Å². The van der Waals surface area contributed by atoms with Crippen molar-refractivity contribution in [3.8, 4) is 22.8 Å². The first-order valence-electron chi connectivity index (χ1n) is 6.38. The number of hydrogen-bond acceptors (Lipinski definition) is 4. The van der Waals surface area contributed by atoms with Gasteiger partial charge in [0, 0.05) is 16.5 Å². The normalized spacial score (nSPS) is 13.1. The van der Waals surface area contributed by atoms with E-state index in [1.165, 1.54) is 0 Å². The smallest absolute Gasteiger partial charge is 0.231 e. The minimum Gasteiger partial charge on any atom is -0.456 e. The predicted molar refractivity (Wildman–Crippen MR) is 73.7 cm³/mol. The summed E-state index contributed by atoms with van der Waals surface area (Å²) < 4.78 is 16.6. The molecule has 100 valence electrons. The zero-order valence-corrected chi connectivity index (χ0v) is 10.6. The fourth-order valence-electron chi connectivity index (χ4n) is 2.53. The van der Waals surface area contributed by atoms with Crippen LogP contribution >= 0.6 is 0 Å². The zero-order chi connectivity index (χ0) is 13.5. The minimum atomic E-state index is -0.0687. The lowest BCUT2D eigenvalue weighted by Gasteiger charge is -2.02. The molecule has 1 aliphatic heterocycles. The van der Waals surface area contributed by atoms with Crippen molar-refractivity contribution in [1.29, 1.82) is 0 Å². The van der Waals surface area contributed by atoms with Gasteiger partial charge in [-0.2, -0.15) is 0 Å². The average Bonchev–Trinajstić information content (AvgIpc) is 3.10. The summed E-state index contributed by atoms with van der Waals surface area (Å²) in [4.78, 5) is 0. The SMILES string of the molecule is OCc1c(-c2ccc3c(c2)OCO3)oc2ccccc12. The lowest BCUT2D eigenvalue weighted by Crippen LogP contribution is -1.92. The molecule has 0 fully saturated rings. The van der Waals surface area contributed by atoms with Crippen LogP contribution in [0.1, 0.15) is 5.56 Å². The van der Waals surface area contributed by atoms with Crippen LogP contribution in [0.15, 0.2) is 46.9 Å². The highest BCUT2D eigenvalue weighted by molar-refractivity contribution is 5.88. The monoisotopic (exact) mass is 268 g/mol. The van der Waals surface area contributed by atoms with Crippen molar-refractivity contribution in [2.24, 2.45) is 0 Å². The maximum Gasteiger partial charge on any atom is 0.231 e. The Morgan fingerprint density at radius 3 is 2.75 bits per heavy atom. The van der Waals surface area contributed by atoms with Gasteiger partial charge in [0.1, 0.15) is 11.3 Å². The number of fused-ring (bicyclic) bond motifs is 2. The molecule has 0 atom stereocenters. The lowest BCUT2D eigenvalue weighted by molar-refractivity contribution is 0.174. The third-order valence-electron chi connectivity index (χ3n) is 3.49. The molecule has 0 amide bonds. The summed E-state index contributed by atoms with van der Waals surface area (Å²) in [6.07, 6.45) is 0. The first-order chi connectivity index (χ1) is 9.86. The molecule has 1 aromatic heterocycles. The standard InChI is InChI=1S/C16H12O4/c17-8-12-11-3-1-2-4-13(11)20-16(12)10-5-6-14-15(7-10)19-9-18-14/h1-7,17H,8-9H2. The summed E-state index contributed by atoms with van der Waals surface area (Å²) in [7, 11) is 0. The molecular weight excluding hydrogens is 256 g/mol. The van der Waals surface area contributed by atoms with Crippen molar-refractivity contribution < 1.29 is 19.0 Å². The van der Waals surface area contributed by atoms with E-state index in [1.54, 1.807) is 0 Å². The third kappa shape index (κ3) is 1.58. The Morgan fingerprint density at radius 2 is 1.85 bits per heavy atom. The van der Waals surface area contributed by atoms with Gasteiger partial charge in [0.05, 0.1) is 6.61 Å². The van der Waals surface area contributed by atoms with Gasteiger partial charge in [0.25, 0.3) is 0 Å². The van der Waals surface area contributed by atoms with E-state index in [9.17, 15) is 5.11 Å². The maximum atomic E-state index is 9.64. The van der Waals surface area contributed by atoms with Crippen LogP contribution < -0.4 is 9.47 Å². The molecule has 2 aromatic carbocycles. The van der Waals surface area contributed by atoms with Crippen molar-refractivity contribution in [3.05, 3.63) is 48.0 Å². The predicted octanol–water partition coefficient (Wildman–Crippen LogP) is 3.32. The Balaban J connectivity index is 1.93. The Bertz CT molecular complexity index is 788. The molecule has 3 aromatic rings. The third-order valence-corrected chi connectivity index (χ3v) is 3.49. The minimum absolute atomic E-state index is 0.0687. The molecule has 1 aliphatic rings. The van der Waals surface area contributed by atoms with E-state index in [-0.39, 0.29) is 13.4 Å². The first kappa shape index (κ1) is 11.4. The van der Waals surface area contributed by atoms with E-state index in [1.807, 2.05) is 42.5 Å². The molecule has 0 unspecified atom stereocenters. The van der Waals surface area contributed by atoms with Gasteiger partial charge in [-0.05, 0) is 24.3 Å². The molecule has 2 heterocycles. The van der Waals surface area contributed by atoms with Gasteiger partial charge in [-0.25, -0.2) is 0 Å². The van der Waals surface area contributed by atoms with Crippen LogP contribution in [0.2, 0.25) is 0 Å². The Kier molecular flexibility index (Phi) is 2.44. The fourth-order valence-corrected chi connectivity index (χ4v) is 2.53. The maximum absolute atomic E-state index is 9.64. The number of benzene rings is 2. The van der Waals surface area contributed by atoms with Crippen LogP contribution in [0, 0.1) is 0 Å². The van der Waals surface area contributed by atoms with Crippen LogP contribution in [0.3, 0.4) is 0 Å². The zero-order valence-electron chi connectivity index (χ0n) is 10.6. The fraction of sp³-hybridized carbons (Fsp3) is 0.125. The highest BCUT2D eigenvalue weighted by Crippen LogP contribution is 2.39. The quantitative estimate of drug-likeness (QED) is 0.774. The van der Waals surface area contributed by atoms with Crippen LogP contribution in [-0.4, -0.2) is 11.9 Å². The van der Waals surface area contributed by atoms with Crippen molar-refractivity contribution >= 4 is 11.0 Å². The van der Waals surface area contributed by atoms with Crippen LogP contribution in [-0.2, 0) is 6.61 Å². The van der Waals surface area contributed by atoms with Gasteiger partial charge in [-0.3, -0.25) is 0 Å². The molecular formula is C16H12O4. The van der Waals surface area contributed by atoms with E-state index < -0.39 is 0 Å². The molecule has 0 spiro atoms. The average molecular weight is 268 g/mol. The Labute approximate surface area is 115 Å². The lowest BCUT2D eigenvalue weighted by atomic mass is 10.1. The van der Waals surface area contributed by atoms with Crippen molar-refractivity contribution in [1.82, 2.24) is 0 Å². The second-order valence-electron chi connectivity index (χ2n) is 4.63. The summed E-state index contributed by atoms with van der Waals surface area (Å²) in [5.74, 6) is 2.11. The number of rotatable bonds is 2. The highest BCUT2D eigenvalue weighted by atomic mass is 16.7. The molecule has 4 nitrogen and oxygen atoms in total. The van der Waals surface area contributed by atoms with Crippen molar-refractivity contribution in [3.63, 3.8) is 0 Å². The summed E-state index contributed by atoms with van der Waals surface area (Å²) in [6, 6.07) is 13.3. The molecule has 1 N–H and O–H groups in total. The van der Waals surface area contributed by atoms with E-state index >= 15 is 0 Å². The summed E-state index contributed by atoms with van der Waals surface area (Å²) in [5.41, 5.74) is 2.43. The molecule has 4 rings (SSSR count). The summed E-state index contributed by atoms with van der Waals surface area (Å²) in [6.45, 7) is 0.173. The van der Waals surface area contributed by atoms with Crippen LogP contribution in [0.5, 0.6) is 11.5 Å². The molecule has 0 saturated carbocycles. The second-order valence-corrected chi connectivity index (χ2v) is 4.63. The van der Waals surface area contributed by atoms with Gasteiger partial charge in [-0.1, -0.05) is 18.2 Å². The second kappa shape index (κ2) is 4.28. The van der Waals surface area contributed by atoms with Gasteiger partial charge in [-0.15, -0.1) is 0 Å². The molecule has 20 heavy (non-hydrogen) atoms. The number of hydrogen-bond donors (Lipinski definition) is 1. The largest absolute Gasteiger partial charge is 0.456 e. The van der Waals surface area contributed by atoms with Gasteiger partial charge < -0.3 is 19.0 Å². The first-order valence-corrected chi connectivity index (χ1v) is 6.38. The number of furan rings is 1. The molecule has 0 saturated heterocycles. The van der Waals surface area contributed by atoms with E-state index in [0.29, 0.717) is 11.5 Å². The number of ether oxygens (including phenoxy) is 2. The van der Waals surface area contributed by atoms with E-state index in [2.05, 4.69) is 0 Å². The molecule has 0 aliphatic carbocycles. The highest BCUT2D eigenvalue weighted by Gasteiger charge is 2.19. The molecule has 4 heteroatoms. The van der Waals surface area contributed by atoms with E-state index in [0.717, 1.165) is 27.8 Å². The van der Waals surface area contributed by atoms with Crippen molar-refractivity contribution in [2.75, 3.05) is 6.79 Å². The van der Waals surface area contributed by atoms with Crippen LogP contribution in [0.4, 0.5) is 0 Å². The van der Waals surface area contributed by atoms with Gasteiger partial charge in [0.2, 0.25) is 6.79 Å².